The lowest BCUT2D eigenvalue weighted by Crippen LogP contribution is -2.37. The van der Waals surface area contributed by atoms with Gasteiger partial charge in [0.1, 0.15) is 5.82 Å². The monoisotopic (exact) mass is 272 g/mol. The summed E-state index contributed by atoms with van der Waals surface area (Å²) >= 11 is 0. The molecule has 6 heteroatoms. The number of hydrogen-bond donors (Lipinski definition) is 1. The third kappa shape index (κ3) is 1.75. The van der Waals surface area contributed by atoms with Crippen molar-refractivity contribution < 1.29 is 0 Å². The molecule has 2 atom stereocenters. The van der Waals surface area contributed by atoms with E-state index in [1.807, 2.05) is 16.8 Å². The van der Waals surface area contributed by atoms with Crippen LogP contribution in [0.1, 0.15) is 19.3 Å². The van der Waals surface area contributed by atoms with E-state index in [1.54, 1.807) is 6.20 Å². The van der Waals surface area contributed by atoms with Gasteiger partial charge in [0, 0.05) is 37.6 Å². The summed E-state index contributed by atoms with van der Waals surface area (Å²) in [6, 6.07) is 1.35. The van der Waals surface area contributed by atoms with Crippen LogP contribution >= 0.6 is 0 Å². The molecule has 4 heterocycles. The predicted octanol–water partition coefficient (Wildman–Crippen LogP) is 0.984. The summed E-state index contributed by atoms with van der Waals surface area (Å²) in [5.74, 6) is 1.48. The molecule has 2 unspecified atom stereocenters. The number of hydrogen-bond acceptors (Lipinski definition) is 5. The smallest absolute Gasteiger partial charge is 0.180 e. The van der Waals surface area contributed by atoms with Crippen molar-refractivity contribution in [1.29, 1.82) is 0 Å². The van der Waals surface area contributed by atoms with Gasteiger partial charge in [0.05, 0.1) is 6.20 Å². The van der Waals surface area contributed by atoms with E-state index >= 15 is 0 Å². The third-order valence-corrected chi connectivity index (χ3v) is 4.82. The molecule has 2 aliphatic rings. The van der Waals surface area contributed by atoms with Gasteiger partial charge in [-0.1, -0.05) is 0 Å². The van der Waals surface area contributed by atoms with E-state index in [-0.39, 0.29) is 0 Å². The molecule has 4 rings (SSSR count). The van der Waals surface area contributed by atoms with Gasteiger partial charge in [-0.05, 0) is 26.3 Å². The summed E-state index contributed by atoms with van der Waals surface area (Å²) in [5.41, 5.74) is 6.84. The van der Waals surface area contributed by atoms with Crippen molar-refractivity contribution in [2.45, 2.75) is 31.3 Å². The lowest BCUT2D eigenvalue weighted by Gasteiger charge is -2.26. The van der Waals surface area contributed by atoms with Crippen LogP contribution in [0, 0.1) is 0 Å². The lowest BCUT2D eigenvalue weighted by atomic mass is 10.1. The molecule has 2 aromatic heterocycles. The van der Waals surface area contributed by atoms with Crippen molar-refractivity contribution in [2.75, 3.05) is 30.8 Å². The van der Waals surface area contributed by atoms with Gasteiger partial charge >= 0.3 is 0 Å². The number of likely N-dealkylation sites (N-methyl/N-ethyl adjacent to an activating group) is 1. The first-order valence-electron chi connectivity index (χ1n) is 7.28. The molecule has 0 saturated carbocycles. The molecule has 2 aliphatic heterocycles. The van der Waals surface area contributed by atoms with Crippen LogP contribution < -0.4 is 10.6 Å². The Bertz CT molecular complexity index is 636. The number of fused-ring (bicyclic) bond motifs is 3. The van der Waals surface area contributed by atoms with Crippen molar-refractivity contribution in [1.82, 2.24) is 19.3 Å². The van der Waals surface area contributed by atoms with Crippen LogP contribution in [-0.2, 0) is 0 Å². The minimum atomic E-state index is 0.549. The lowest BCUT2D eigenvalue weighted by molar-refractivity contribution is 0.254. The second-order valence-electron chi connectivity index (χ2n) is 5.93. The maximum atomic E-state index is 5.94. The van der Waals surface area contributed by atoms with Gasteiger partial charge in [0.25, 0.3) is 0 Å². The molecule has 0 aromatic carbocycles. The van der Waals surface area contributed by atoms with Crippen molar-refractivity contribution >= 4 is 17.3 Å². The highest BCUT2D eigenvalue weighted by Gasteiger charge is 2.35. The highest BCUT2D eigenvalue weighted by Crippen LogP contribution is 2.31. The average Bonchev–Trinajstić information content (AvgIpc) is 2.94. The Hall–Kier alpha value is -1.82. The highest BCUT2D eigenvalue weighted by molar-refractivity contribution is 5.66. The van der Waals surface area contributed by atoms with Crippen molar-refractivity contribution in [3.8, 4) is 0 Å². The Kier molecular flexibility index (Phi) is 2.60. The van der Waals surface area contributed by atoms with E-state index in [0.717, 1.165) is 30.6 Å². The van der Waals surface area contributed by atoms with E-state index < -0.39 is 0 Å². The molecule has 0 spiro atoms. The first-order valence-corrected chi connectivity index (χ1v) is 7.28. The van der Waals surface area contributed by atoms with Gasteiger partial charge in [-0.25, -0.2) is 9.97 Å². The zero-order valence-corrected chi connectivity index (χ0v) is 11.7. The highest BCUT2D eigenvalue weighted by atomic mass is 15.3. The molecule has 2 aromatic rings. The topological polar surface area (TPSA) is 62.7 Å². The molecule has 0 amide bonds. The van der Waals surface area contributed by atoms with Crippen LogP contribution in [0.3, 0.4) is 0 Å². The number of aromatic nitrogens is 3. The van der Waals surface area contributed by atoms with Crippen LogP contribution in [0.2, 0.25) is 0 Å². The van der Waals surface area contributed by atoms with Crippen LogP contribution in [0.25, 0.3) is 5.65 Å². The van der Waals surface area contributed by atoms with Crippen LogP contribution in [-0.4, -0.2) is 51.5 Å². The molecule has 2 fully saturated rings. The second-order valence-corrected chi connectivity index (χ2v) is 5.93. The first-order chi connectivity index (χ1) is 9.72. The van der Waals surface area contributed by atoms with Crippen molar-refractivity contribution in [3.63, 3.8) is 0 Å². The molecular formula is C14H20N6. The van der Waals surface area contributed by atoms with Gasteiger partial charge < -0.3 is 15.0 Å². The molecular weight excluding hydrogens is 252 g/mol. The Morgan fingerprint density at radius 2 is 2.10 bits per heavy atom. The summed E-state index contributed by atoms with van der Waals surface area (Å²) in [6.07, 6.45) is 9.35. The van der Waals surface area contributed by atoms with E-state index in [4.69, 9.17) is 5.73 Å². The van der Waals surface area contributed by atoms with E-state index in [1.165, 1.54) is 19.3 Å². The number of anilines is 2. The fourth-order valence-corrected chi connectivity index (χ4v) is 3.65. The minimum absolute atomic E-state index is 0.549. The third-order valence-electron chi connectivity index (χ3n) is 4.82. The molecule has 106 valence electrons. The van der Waals surface area contributed by atoms with Crippen molar-refractivity contribution in [3.05, 3.63) is 18.6 Å². The first kappa shape index (κ1) is 12.0. The quantitative estimate of drug-likeness (QED) is 0.838. The molecule has 2 N–H and O–H groups in total. The number of nitrogens with two attached hydrogens (primary N) is 1. The van der Waals surface area contributed by atoms with Gasteiger partial charge in [-0.3, -0.25) is 4.90 Å². The van der Waals surface area contributed by atoms with Gasteiger partial charge in [-0.15, -0.1) is 0 Å². The Morgan fingerprint density at radius 1 is 1.25 bits per heavy atom. The summed E-state index contributed by atoms with van der Waals surface area (Å²) in [6.45, 7) is 2.05. The number of rotatable bonds is 1. The fourth-order valence-electron chi connectivity index (χ4n) is 3.65. The summed E-state index contributed by atoms with van der Waals surface area (Å²) < 4.78 is 1.96. The van der Waals surface area contributed by atoms with Crippen LogP contribution in [0.4, 0.5) is 11.6 Å². The summed E-state index contributed by atoms with van der Waals surface area (Å²) in [4.78, 5) is 13.9. The number of imidazole rings is 1. The molecule has 2 bridgehead atoms. The Labute approximate surface area is 118 Å². The van der Waals surface area contributed by atoms with E-state index in [0.29, 0.717) is 11.9 Å². The normalized spacial score (nSPS) is 27.1. The Balaban J connectivity index is 1.74. The number of nitrogen functional groups attached to an aromatic ring is 1. The fraction of sp³-hybridized carbons (Fsp3) is 0.571. The van der Waals surface area contributed by atoms with Crippen LogP contribution in [0.5, 0.6) is 0 Å². The molecule has 0 radical (unpaired) electrons. The Morgan fingerprint density at radius 3 is 3.00 bits per heavy atom. The van der Waals surface area contributed by atoms with Gasteiger partial charge in [0.15, 0.2) is 11.5 Å². The van der Waals surface area contributed by atoms with E-state index in [2.05, 4.69) is 26.8 Å². The maximum absolute atomic E-state index is 5.94. The molecule has 6 nitrogen and oxygen atoms in total. The van der Waals surface area contributed by atoms with E-state index in [9.17, 15) is 0 Å². The largest absolute Gasteiger partial charge is 0.382 e. The van der Waals surface area contributed by atoms with Gasteiger partial charge in [-0.2, -0.15) is 0 Å². The SMILES string of the molecule is CN1C2CCC1CN(c1nc(N)cn3ccnc13)CC2. The molecule has 0 aliphatic carbocycles. The summed E-state index contributed by atoms with van der Waals surface area (Å²) in [5, 5.41) is 0. The van der Waals surface area contributed by atoms with Crippen molar-refractivity contribution in [2.24, 2.45) is 0 Å². The minimum Gasteiger partial charge on any atom is -0.382 e. The second kappa shape index (κ2) is 4.34. The average molecular weight is 272 g/mol. The standard InChI is InChI=1S/C14H20N6/c1-18-10-2-3-11(18)8-19(6-4-10)14-13-16-5-7-20(13)9-12(15)17-14/h5,7,9-11H,2-4,6,8,15H2,1H3. The van der Waals surface area contributed by atoms with Crippen LogP contribution in [0.15, 0.2) is 18.6 Å². The zero-order valence-electron chi connectivity index (χ0n) is 11.7. The van der Waals surface area contributed by atoms with Gasteiger partial charge in [0.2, 0.25) is 0 Å². The maximum Gasteiger partial charge on any atom is 0.180 e. The zero-order chi connectivity index (χ0) is 13.7. The molecule has 2 saturated heterocycles. The number of nitrogens with zero attached hydrogens (tertiary/aromatic N) is 5. The summed E-state index contributed by atoms with van der Waals surface area (Å²) in [7, 11) is 2.25. The molecule has 20 heavy (non-hydrogen) atoms. The predicted molar refractivity (Wildman–Crippen MR) is 78.8 cm³/mol.